The third-order valence-corrected chi connectivity index (χ3v) is 8.90. The molecule has 7 nitrogen and oxygen atoms in total. The molecule has 2 fully saturated rings. The second-order valence-corrected chi connectivity index (χ2v) is 13.5. The summed E-state index contributed by atoms with van der Waals surface area (Å²) < 4.78 is 0. The maximum Gasteiger partial charge on any atom is 0.321 e. The number of piperazine rings is 1. The molecule has 1 heterocycles. The number of hydrogen-bond acceptors (Lipinski definition) is 3. The van der Waals surface area contributed by atoms with Crippen LogP contribution in [0.2, 0.25) is 0 Å². The van der Waals surface area contributed by atoms with Crippen LogP contribution in [0, 0.1) is 17.3 Å². The second kappa shape index (κ2) is 11.3. The van der Waals surface area contributed by atoms with E-state index in [1.165, 1.54) is 17.6 Å². The number of amides is 4. The average molecular weight is 524 g/mol. The molecule has 210 valence electrons. The van der Waals surface area contributed by atoms with Crippen LogP contribution in [0.25, 0.3) is 0 Å². The molecule has 1 aromatic carbocycles. The normalized spacial score (nSPS) is 22.9. The fraction of sp³-hybridized carbons (Fsp3) is 0.677. The molecule has 0 spiro atoms. The van der Waals surface area contributed by atoms with E-state index in [2.05, 4.69) is 61.4 Å². The number of hydrogen-bond donors (Lipinski definition) is 2. The van der Waals surface area contributed by atoms with Gasteiger partial charge < -0.3 is 20.4 Å². The van der Waals surface area contributed by atoms with Gasteiger partial charge >= 0.3 is 12.1 Å². The predicted molar refractivity (Wildman–Crippen MR) is 155 cm³/mol. The standard InChI is InChI=1S/C31H49N5O2/c1-22(2)23-9-12-26(13-10-23)32-28(37)35-17-14-34(15-18-35)16-19-36(29(38)33-30(3,4)5)21-24-8-11-25-20-27(24)31(25,6)7/h8-10,12-13,22,25,27H,11,14-21H2,1-7H3,(H,32,37)(H,33,38). The average Bonchev–Trinajstić information content (AvgIpc) is 2.86. The second-order valence-electron chi connectivity index (χ2n) is 13.5. The van der Waals surface area contributed by atoms with E-state index < -0.39 is 0 Å². The Morgan fingerprint density at radius 1 is 1.08 bits per heavy atom. The zero-order chi connectivity index (χ0) is 27.7. The van der Waals surface area contributed by atoms with Gasteiger partial charge in [-0.25, -0.2) is 9.59 Å². The Bertz CT molecular complexity index is 1020. The molecule has 2 N–H and O–H groups in total. The van der Waals surface area contributed by atoms with Crippen LogP contribution >= 0.6 is 0 Å². The lowest BCUT2D eigenvalue weighted by Crippen LogP contribution is -2.55. The summed E-state index contributed by atoms with van der Waals surface area (Å²) >= 11 is 0. The summed E-state index contributed by atoms with van der Waals surface area (Å²) in [7, 11) is 0. The summed E-state index contributed by atoms with van der Waals surface area (Å²) in [5.74, 6) is 1.86. The molecule has 0 radical (unpaired) electrons. The third-order valence-electron chi connectivity index (χ3n) is 8.90. The molecule has 1 saturated heterocycles. The van der Waals surface area contributed by atoms with Crippen LogP contribution in [0.15, 0.2) is 35.9 Å². The number of allylic oxidation sites excluding steroid dienone is 1. The Morgan fingerprint density at radius 3 is 2.29 bits per heavy atom. The summed E-state index contributed by atoms with van der Waals surface area (Å²) in [4.78, 5) is 32.4. The first kappa shape index (κ1) is 28.5. The Hall–Kier alpha value is -2.54. The minimum absolute atomic E-state index is 0.0131. The molecule has 2 unspecified atom stereocenters. The lowest BCUT2D eigenvalue weighted by Gasteiger charge is -2.57. The highest BCUT2D eigenvalue weighted by molar-refractivity contribution is 5.89. The predicted octanol–water partition coefficient (Wildman–Crippen LogP) is 5.76. The molecule has 1 aromatic rings. The van der Waals surface area contributed by atoms with Crippen molar-refractivity contribution in [1.29, 1.82) is 0 Å². The number of carbonyl (C=O) groups excluding carboxylic acids is 2. The maximum atomic E-state index is 13.3. The highest BCUT2D eigenvalue weighted by Gasteiger charge is 2.51. The fourth-order valence-corrected chi connectivity index (χ4v) is 6.12. The topological polar surface area (TPSA) is 67.9 Å². The number of fused-ring (bicyclic) bond motifs is 1. The Kier molecular flexibility index (Phi) is 8.46. The quantitative estimate of drug-likeness (QED) is 0.447. The van der Waals surface area contributed by atoms with Crippen LogP contribution in [-0.2, 0) is 0 Å². The summed E-state index contributed by atoms with van der Waals surface area (Å²) in [5, 5.41) is 6.22. The minimum atomic E-state index is -0.273. The van der Waals surface area contributed by atoms with Crippen LogP contribution in [0.3, 0.4) is 0 Å². The van der Waals surface area contributed by atoms with Gasteiger partial charge in [0.25, 0.3) is 0 Å². The van der Waals surface area contributed by atoms with Gasteiger partial charge in [-0.3, -0.25) is 4.90 Å². The van der Waals surface area contributed by atoms with Gasteiger partial charge in [-0.15, -0.1) is 0 Å². The number of anilines is 1. The first-order chi connectivity index (χ1) is 17.8. The van der Waals surface area contributed by atoms with Crippen LogP contribution in [-0.4, -0.2) is 78.1 Å². The van der Waals surface area contributed by atoms with Crippen molar-refractivity contribution in [2.45, 2.75) is 72.8 Å². The number of benzene rings is 1. The molecule has 7 heteroatoms. The van der Waals surface area contributed by atoms with Crippen LogP contribution in [0.1, 0.15) is 72.8 Å². The molecule has 38 heavy (non-hydrogen) atoms. The monoisotopic (exact) mass is 523 g/mol. The van der Waals surface area contributed by atoms with Gasteiger partial charge in [-0.1, -0.05) is 51.5 Å². The van der Waals surface area contributed by atoms with Crippen LogP contribution in [0.5, 0.6) is 0 Å². The van der Waals surface area contributed by atoms with E-state index in [1.807, 2.05) is 42.7 Å². The van der Waals surface area contributed by atoms with Crippen LogP contribution in [0.4, 0.5) is 15.3 Å². The minimum Gasteiger partial charge on any atom is -0.333 e. The molecule has 1 aliphatic heterocycles. The molecular formula is C31H49N5O2. The number of carbonyl (C=O) groups is 2. The number of urea groups is 2. The first-order valence-corrected chi connectivity index (χ1v) is 14.5. The zero-order valence-corrected chi connectivity index (χ0v) is 24.6. The molecular weight excluding hydrogens is 474 g/mol. The van der Waals surface area contributed by atoms with Crippen molar-refractivity contribution < 1.29 is 9.59 Å². The summed E-state index contributed by atoms with van der Waals surface area (Å²) in [6, 6.07) is 8.08. The zero-order valence-electron chi connectivity index (χ0n) is 24.6. The van der Waals surface area contributed by atoms with E-state index in [0.717, 1.165) is 37.7 Å². The third kappa shape index (κ3) is 6.71. The summed E-state index contributed by atoms with van der Waals surface area (Å²) in [6.45, 7) is 20.4. The van der Waals surface area contributed by atoms with Gasteiger partial charge in [-0.2, -0.15) is 0 Å². The summed E-state index contributed by atoms with van der Waals surface area (Å²) in [6.07, 6.45) is 4.80. The van der Waals surface area contributed by atoms with Crippen molar-refractivity contribution in [3.63, 3.8) is 0 Å². The fourth-order valence-electron chi connectivity index (χ4n) is 6.12. The Labute approximate surface area is 230 Å². The van der Waals surface area contributed by atoms with Gasteiger partial charge in [0.2, 0.25) is 0 Å². The lowest BCUT2D eigenvalue weighted by molar-refractivity contribution is -0.00988. The van der Waals surface area contributed by atoms with E-state index in [0.29, 0.717) is 43.4 Å². The van der Waals surface area contributed by atoms with Gasteiger partial charge in [0.15, 0.2) is 0 Å². The van der Waals surface area contributed by atoms with E-state index in [4.69, 9.17) is 0 Å². The van der Waals surface area contributed by atoms with Crippen molar-refractivity contribution in [1.82, 2.24) is 20.0 Å². The van der Waals surface area contributed by atoms with Crippen molar-refractivity contribution in [2.75, 3.05) is 51.1 Å². The molecule has 4 amide bonds. The van der Waals surface area contributed by atoms with E-state index in [-0.39, 0.29) is 17.6 Å². The SMILES string of the molecule is CC(C)c1ccc(NC(=O)N2CCN(CCN(CC3=CCC4CC3C4(C)C)C(=O)NC(C)(C)C)CC2)cc1. The lowest BCUT2D eigenvalue weighted by atomic mass is 9.49. The maximum absolute atomic E-state index is 13.3. The largest absolute Gasteiger partial charge is 0.333 e. The molecule has 1 saturated carbocycles. The van der Waals surface area contributed by atoms with E-state index in [9.17, 15) is 9.59 Å². The molecule has 4 aliphatic rings. The first-order valence-electron chi connectivity index (χ1n) is 14.5. The van der Waals surface area contributed by atoms with Crippen molar-refractivity contribution in [3.8, 4) is 0 Å². The Morgan fingerprint density at radius 2 is 1.74 bits per heavy atom. The van der Waals surface area contributed by atoms with E-state index in [1.54, 1.807) is 0 Å². The number of nitrogens with zero attached hydrogens (tertiary/aromatic N) is 3. The van der Waals surface area contributed by atoms with Gasteiger partial charge in [0.05, 0.1) is 0 Å². The highest BCUT2D eigenvalue weighted by Crippen LogP contribution is 2.59. The van der Waals surface area contributed by atoms with Gasteiger partial charge in [0, 0.05) is 57.0 Å². The highest BCUT2D eigenvalue weighted by atomic mass is 16.2. The van der Waals surface area contributed by atoms with E-state index >= 15 is 0 Å². The Balaban J connectivity index is 1.28. The summed E-state index contributed by atoms with van der Waals surface area (Å²) in [5.41, 5.74) is 3.61. The van der Waals surface area contributed by atoms with Gasteiger partial charge in [-0.05, 0) is 74.5 Å². The molecule has 0 aromatic heterocycles. The van der Waals surface area contributed by atoms with Crippen molar-refractivity contribution >= 4 is 17.7 Å². The molecule has 2 atom stereocenters. The molecule has 3 aliphatic carbocycles. The van der Waals surface area contributed by atoms with Crippen molar-refractivity contribution in [3.05, 3.63) is 41.5 Å². The number of rotatable bonds is 7. The van der Waals surface area contributed by atoms with Crippen molar-refractivity contribution in [2.24, 2.45) is 17.3 Å². The number of nitrogens with one attached hydrogen (secondary N) is 2. The van der Waals surface area contributed by atoms with Gasteiger partial charge in [0.1, 0.15) is 0 Å². The molecule has 2 bridgehead atoms. The molecule has 5 rings (SSSR count). The van der Waals surface area contributed by atoms with Crippen LogP contribution < -0.4 is 10.6 Å². The smallest absolute Gasteiger partial charge is 0.321 e.